The molecule has 0 aromatic heterocycles. The molecule has 0 amide bonds. The minimum atomic E-state index is -4.92. The van der Waals surface area contributed by atoms with Crippen molar-refractivity contribution >= 4 is 59.2 Å². The van der Waals surface area contributed by atoms with Crippen LogP contribution in [0.2, 0.25) is 0 Å². The van der Waals surface area contributed by atoms with Gasteiger partial charge in [0.25, 0.3) is 0 Å². The summed E-state index contributed by atoms with van der Waals surface area (Å²) < 4.78 is 30.4. The van der Waals surface area contributed by atoms with Crippen LogP contribution in [-0.2, 0) is 23.3 Å². The summed E-state index contributed by atoms with van der Waals surface area (Å²) in [5, 5.41) is 68.3. The topological polar surface area (TPSA) is 236 Å². The third-order valence-electron chi connectivity index (χ3n) is 4.30. The normalized spacial score (nSPS) is 44.3. The Bertz CT molecular complexity index is 546. The molecule has 9 atom stereocenters. The summed E-state index contributed by atoms with van der Waals surface area (Å²) in [6.07, 6.45) is -13.9. The third-order valence-corrected chi connectivity index (χ3v) is 4.78. The Kier molecular flexibility index (Phi) is 10.5. The number of aliphatic hydroxyl groups excluding tert-OH is 7. The van der Waals surface area contributed by atoms with Crippen molar-refractivity contribution in [2.24, 2.45) is 0 Å². The quantitative estimate of drug-likeness (QED) is 0.127. The van der Waals surface area contributed by atoms with Crippen molar-refractivity contribution in [2.45, 2.75) is 54.8 Å². The molecule has 0 spiro atoms. The smallest absolute Gasteiger partial charge is 0.394 e. The number of aliphatic hydroxyl groups is 7. The van der Waals surface area contributed by atoms with E-state index < -0.39 is 82.4 Å². The van der Waals surface area contributed by atoms with E-state index in [1.54, 1.807) is 0 Å². The minimum Gasteiger partial charge on any atom is -0.394 e. The van der Waals surface area contributed by atoms with Gasteiger partial charge in [-0.05, 0) is 0 Å². The number of hydrogen-bond donors (Lipinski definition) is 9. The summed E-state index contributed by atoms with van der Waals surface area (Å²) >= 11 is 0. The molecule has 16 heteroatoms. The van der Waals surface area contributed by atoms with E-state index in [0.717, 1.165) is 0 Å². The summed E-state index contributed by atoms with van der Waals surface area (Å²) in [5.41, 5.74) is 0. The summed E-state index contributed by atoms with van der Waals surface area (Å²) in [4.78, 5) is 17.4. The predicted molar refractivity (Wildman–Crippen MR) is 85.3 cm³/mol. The van der Waals surface area contributed by atoms with Crippen LogP contribution < -0.4 is 0 Å². The second kappa shape index (κ2) is 10.8. The van der Waals surface area contributed by atoms with Gasteiger partial charge in [-0.1, -0.05) is 0 Å². The maximum atomic E-state index is 10.8. The van der Waals surface area contributed by atoms with Crippen LogP contribution in [-0.4, -0.2) is 172 Å². The molecule has 161 valence electrons. The predicted octanol–water partition coefficient (Wildman–Crippen LogP) is -5.66. The van der Waals surface area contributed by atoms with Crippen LogP contribution in [0, 0.1) is 0 Å². The fourth-order valence-electron chi connectivity index (χ4n) is 2.79. The molecule has 1 radical (unpaired) electrons. The Hall–Kier alpha value is 1.35. The molecule has 0 aromatic carbocycles. The summed E-state index contributed by atoms with van der Waals surface area (Å²) in [7, 11) is -4.92. The first-order valence-corrected chi connectivity index (χ1v) is 9.32. The van der Waals surface area contributed by atoms with Gasteiger partial charge in [0.05, 0.1) is 13.2 Å². The monoisotopic (exact) mass is 461 g/mol. The van der Waals surface area contributed by atoms with Gasteiger partial charge in [0, 0.05) is 51.4 Å². The number of phosphoric acid groups is 1. The van der Waals surface area contributed by atoms with Crippen molar-refractivity contribution in [1.29, 1.82) is 0 Å². The average Bonchev–Trinajstić information content (AvgIpc) is 2.85. The first-order valence-electron chi connectivity index (χ1n) is 7.79. The summed E-state index contributed by atoms with van der Waals surface area (Å²) in [5.74, 6) is -2.42. The fraction of sp³-hybridized carbons (Fsp3) is 1.00. The van der Waals surface area contributed by atoms with Gasteiger partial charge in [-0.3, -0.25) is 4.52 Å². The van der Waals surface area contributed by atoms with Crippen molar-refractivity contribution in [3.05, 3.63) is 0 Å². The molecular weight excluding hydrogens is 438 g/mol. The molecule has 2 aliphatic rings. The first kappa shape index (κ1) is 27.4. The molecule has 14 nitrogen and oxygen atoms in total. The van der Waals surface area contributed by atoms with E-state index in [9.17, 15) is 35.2 Å². The van der Waals surface area contributed by atoms with Gasteiger partial charge in [0.2, 0.25) is 5.79 Å². The van der Waals surface area contributed by atoms with Crippen LogP contribution in [0.1, 0.15) is 0 Å². The van der Waals surface area contributed by atoms with E-state index >= 15 is 0 Å². The molecule has 0 unspecified atom stereocenters. The molecule has 2 aliphatic heterocycles. The van der Waals surface area contributed by atoms with Crippen molar-refractivity contribution in [2.75, 3.05) is 19.8 Å². The number of hydrogen-bond acceptors (Lipinski definition) is 12. The molecule has 2 rings (SSSR count). The molecular formula is C12H23KO14P. The maximum absolute atomic E-state index is 10.8. The van der Waals surface area contributed by atoms with Gasteiger partial charge in [-0.2, -0.15) is 0 Å². The summed E-state index contributed by atoms with van der Waals surface area (Å²) in [6.45, 7) is -2.74. The van der Waals surface area contributed by atoms with E-state index in [0.29, 0.717) is 0 Å². The van der Waals surface area contributed by atoms with E-state index in [1.165, 1.54) is 0 Å². The molecule has 0 saturated carbocycles. The second-order valence-corrected chi connectivity index (χ2v) is 7.40. The van der Waals surface area contributed by atoms with Crippen molar-refractivity contribution in [1.82, 2.24) is 0 Å². The van der Waals surface area contributed by atoms with Gasteiger partial charge in [0.1, 0.15) is 49.3 Å². The molecule has 2 fully saturated rings. The molecule has 28 heavy (non-hydrogen) atoms. The Morgan fingerprint density at radius 3 is 2.04 bits per heavy atom. The van der Waals surface area contributed by atoms with Crippen molar-refractivity contribution < 1.29 is 68.8 Å². The molecule has 2 heterocycles. The van der Waals surface area contributed by atoms with E-state index in [4.69, 9.17) is 29.1 Å². The first-order chi connectivity index (χ1) is 12.5. The molecule has 0 bridgehead atoms. The van der Waals surface area contributed by atoms with Gasteiger partial charge in [-0.25, -0.2) is 4.57 Å². The van der Waals surface area contributed by atoms with Crippen molar-refractivity contribution in [3.8, 4) is 0 Å². The minimum absolute atomic E-state index is 0. The molecule has 0 aliphatic carbocycles. The Balaban J connectivity index is 0.00000392. The second-order valence-electron chi connectivity index (χ2n) is 6.16. The Labute approximate surface area is 201 Å². The van der Waals surface area contributed by atoms with Crippen LogP contribution in [0.15, 0.2) is 0 Å². The third kappa shape index (κ3) is 5.98. The van der Waals surface area contributed by atoms with E-state index in [1.807, 2.05) is 0 Å². The van der Waals surface area contributed by atoms with Crippen LogP contribution in [0.3, 0.4) is 0 Å². The van der Waals surface area contributed by atoms with E-state index in [2.05, 4.69) is 4.52 Å². The molecule has 0 aromatic rings. The zero-order valence-electron chi connectivity index (χ0n) is 14.8. The van der Waals surface area contributed by atoms with Crippen LogP contribution in [0.5, 0.6) is 0 Å². The molecule has 2 saturated heterocycles. The van der Waals surface area contributed by atoms with Crippen LogP contribution in [0.25, 0.3) is 0 Å². The number of rotatable bonds is 7. The largest absolute Gasteiger partial charge is 0.469 e. The van der Waals surface area contributed by atoms with Gasteiger partial charge < -0.3 is 59.7 Å². The Morgan fingerprint density at radius 2 is 1.54 bits per heavy atom. The van der Waals surface area contributed by atoms with Gasteiger partial charge in [-0.15, -0.1) is 0 Å². The van der Waals surface area contributed by atoms with E-state index in [-0.39, 0.29) is 51.4 Å². The molecule has 9 N–H and O–H groups in total. The number of ether oxygens (including phenoxy) is 3. The fourth-order valence-corrected chi connectivity index (χ4v) is 3.13. The standard InChI is InChI=1S/C12H23O14P.K/c13-1-4-6(15)8(17)9(18)11(24-4)26-12(3-14)10(19)7(16)5(25-12)2-23-27(20,21)22;/h4-11,13-19H,1-3H2,(H2,20,21,22);/t4-,5-,6-,7-,8+,9-,10+,11-,12+;/m1./s1. The zero-order chi connectivity index (χ0) is 20.6. The van der Waals surface area contributed by atoms with Crippen LogP contribution >= 0.6 is 7.82 Å². The number of phosphoric ester groups is 1. The van der Waals surface area contributed by atoms with Gasteiger partial charge in [0.15, 0.2) is 6.29 Å². The SMILES string of the molecule is O=P(O)(O)OC[C@H]1O[C@@](CO)(O[C@H]2O[C@H](CO)[C@@H](O)[C@H](O)[C@H]2O)[C@@H](O)[C@@H]1O.[K]. The zero-order valence-corrected chi connectivity index (χ0v) is 18.8. The van der Waals surface area contributed by atoms with Crippen LogP contribution in [0.4, 0.5) is 0 Å². The average molecular weight is 461 g/mol. The summed E-state index contributed by atoms with van der Waals surface area (Å²) in [6, 6.07) is 0. The van der Waals surface area contributed by atoms with Crippen molar-refractivity contribution in [3.63, 3.8) is 0 Å². The van der Waals surface area contributed by atoms with Gasteiger partial charge >= 0.3 is 7.82 Å². The maximum Gasteiger partial charge on any atom is 0.469 e. The Morgan fingerprint density at radius 1 is 0.929 bits per heavy atom.